The molecule has 1 aromatic heterocycles. The first kappa shape index (κ1) is 27.9. The summed E-state index contributed by atoms with van der Waals surface area (Å²) in [5.41, 5.74) is 10.4. The molecule has 1 amide bonds. The number of hydrogen-bond donors (Lipinski definition) is 1. The molecule has 0 aliphatic carbocycles. The van der Waals surface area contributed by atoms with Crippen LogP contribution in [-0.2, 0) is 6.54 Å². The van der Waals surface area contributed by atoms with Gasteiger partial charge in [-0.05, 0) is 47.4 Å². The van der Waals surface area contributed by atoms with Gasteiger partial charge in [0.25, 0.3) is 0 Å². The van der Waals surface area contributed by atoms with Crippen LogP contribution >= 0.6 is 0 Å². The van der Waals surface area contributed by atoms with Gasteiger partial charge in [-0.3, -0.25) is 19.1 Å². The van der Waals surface area contributed by atoms with Gasteiger partial charge in [0.1, 0.15) is 5.75 Å². The highest BCUT2D eigenvalue weighted by Crippen LogP contribution is 2.28. The molecule has 0 spiro atoms. The number of nitrogens with two attached hydrogens (primary N) is 1. The second-order valence-electron chi connectivity index (χ2n) is 10.3. The molecule has 0 bridgehead atoms. The molecule has 6 heteroatoms. The van der Waals surface area contributed by atoms with Crippen LogP contribution in [-0.4, -0.2) is 41.0 Å². The van der Waals surface area contributed by atoms with Crippen molar-refractivity contribution < 1.29 is 14.3 Å². The third kappa shape index (κ3) is 6.91. The molecule has 2 N–H and O–H groups in total. The summed E-state index contributed by atoms with van der Waals surface area (Å²) in [6.07, 6.45) is 2.76. The van der Waals surface area contributed by atoms with Crippen LogP contribution in [0.2, 0.25) is 0 Å². The smallest absolute Gasteiger partial charge is 0.248 e. The molecule has 0 fully saturated rings. The van der Waals surface area contributed by atoms with E-state index in [1.807, 2.05) is 42.6 Å². The third-order valence-electron chi connectivity index (χ3n) is 7.38. The minimum atomic E-state index is -0.473. The number of para-hydroxylation sites is 1. The minimum absolute atomic E-state index is 0.00274. The van der Waals surface area contributed by atoms with E-state index in [0.717, 1.165) is 36.0 Å². The summed E-state index contributed by atoms with van der Waals surface area (Å²) in [5, 5.41) is 1.09. The Morgan fingerprint density at radius 2 is 1.51 bits per heavy atom. The predicted molar refractivity (Wildman–Crippen MR) is 163 cm³/mol. The molecular formula is C35H35N3O3. The molecule has 4 aromatic carbocycles. The van der Waals surface area contributed by atoms with Gasteiger partial charge in [0.05, 0.1) is 12.1 Å². The van der Waals surface area contributed by atoms with Gasteiger partial charge in [-0.25, -0.2) is 0 Å². The topological polar surface area (TPSA) is 77.6 Å². The van der Waals surface area contributed by atoms with Crippen LogP contribution in [0.3, 0.4) is 0 Å². The second kappa shape index (κ2) is 13.1. The summed E-state index contributed by atoms with van der Waals surface area (Å²) < 4.78 is 7.73. The molecule has 0 unspecified atom stereocenters. The van der Waals surface area contributed by atoms with Crippen molar-refractivity contribution in [2.45, 2.75) is 25.8 Å². The fraction of sp³-hybridized carbons (Fsp3) is 0.200. The van der Waals surface area contributed by atoms with E-state index >= 15 is 0 Å². The first-order valence-electron chi connectivity index (χ1n) is 13.9. The van der Waals surface area contributed by atoms with Gasteiger partial charge in [0.15, 0.2) is 0 Å². The van der Waals surface area contributed by atoms with Crippen molar-refractivity contribution in [1.29, 1.82) is 0 Å². The van der Waals surface area contributed by atoms with Gasteiger partial charge in [0.2, 0.25) is 11.8 Å². The molecule has 0 aliphatic heterocycles. The standard InChI is InChI=1S/C35H35N3O3/c1-26(39)38-24-30(32-18-8-9-19-34(32)38)23-37(20-11-21-41-31-17-10-16-29(22-31)35(36)40)25-33(27-12-4-2-5-13-27)28-14-6-3-7-15-28/h2-10,12-19,22,24,33H,11,20-21,23,25H2,1H3,(H2,36,40). The zero-order valence-corrected chi connectivity index (χ0v) is 23.3. The largest absolute Gasteiger partial charge is 0.494 e. The molecule has 208 valence electrons. The van der Waals surface area contributed by atoms with Gasteiger partial charge >= 0.3 is 0 Å². The number of rotatable bonds is 12. The highest BCUT2D eigenvalue weighted by atomic mass is 16.5. The van der Waals surface area contributed by atoms with Crippen molar-refractivity contribution in [3.8, 4) is 5.75 Å². The number of aromatic nitrogens is 1. The van der Waals surface area contributed by atoms with Crippen molar-refractivity contribution in [2.75, 3.05) is 19.7 Å². The van der Waals surface area contributed by atoms with Crippen molar-refractivity contribution in [2.24, 2.45) is 5.73 Å². The quantitative estimate of drug-likeness (QED) is 0.182. The van der Waals surface area contributed by atoms with E-state index in [1.165, 1.54) is 11.1 Å². The Morgan fingerprint density at radius 3 is 2.17 bits per heavy atom. The molecule has 6 nitrogen and oxygen atoms in total. The van der Waals surface area contributed by atoms with Crippen LogP contribution in [0.1, 0.15) is 51.1 Å². The lowest BCUT2D eigenvalue weighted by atomic mass is 9.90. The molecule has 0 atom stereocenters. The van der Waals surface area contributed by atoms with E-state index < -0.39 is 5.91 Å². The molecule has 1 heterocycles. The van der Waals surface area contributed by atoms with E-state index in [-0.39, 0.29) is 11.8 Å². The number of benzene rings is 4. The second-order valence-corrected chi connectivity index (χ2v) is 10.3. The van der Waals surface area contributed by atoms with Gasteiger partial charge in [-0.1, -0.05) is 84.9 Å². The number of amides is 1. The Bertz CT molecular complexity index is 1570. The molecular weight excluding hydrogens is 510 g/mol. The highest BCUT2D eigenvalue weighted by molar-refractivity contribution is 5.94. The number of nitrogens with zero attached hydrogens (tertiary/aromatic N) is 2. The normalized spacial score (nSPS) is 11.3. The summed E-state index contributed by atoms with van der Waals surface area (Å²) in [5.74, 6) is 0.326. The molecule has 41 heavy (non-hydrogen) atoms. The van der Waals surface area contributed by atoms with Gasteiger partial charge in [-0.2, -0.15) is 0 Å². The maximum atomic E-state index is 12.4. The Kier molecular flexibility index (Phi) is 8.92. The number of carbonyl (C=O) groups excluding carboxylic acids is 2. The zero-order chi connectivity index (χ0) is 28.6. The Labute approximate surface area is 241 Å². The average molecular weight is 546 g/mol. The lowest BCUT2D eigenvalue weighted by Crippen LogP contribution is -2.30. The summed E-state index contributed by atoms with van der Waals surface area (Å²) in [6.45, 7) is 4.36. The first-order valence-corrected chi connectivity index (χ1v) is 13.9. The van der Waals surface area contributed by atoms with Gasteiger partial charge in [-0.15, -0.1) is 0 Å². The molecule has 0 saturated heterocycles. The van der Waals surface area contributed by atoms with E-state index in [0.29, 0.717) is 24.5 Å². The van der Waals surface area contributed by atoms with Crippen molar-refractivity contribution in [3.05, 3.63) is 138 Å². The maximum absolute atomic E-state index is 12.4. The molecule has 0 aliphatic rings. The molecule has 0 saturated carbocycles. The van der Waals surface area contributed by atoms with Crippen LogP contribution in [0.25, 0.3) is 10.9 Å². The third-order valence-corrected chi connectivity index (χ3v) is 7.38. The Morgan fingerprint density at radius 1 is 0.854 bits per heavy atom. The minimum Gasteiger partial charge on any atom is -0.494 e. The summed E-state index contributed by atoms with van der Waals surface area (Å²) in [6, 6.07) is 36.2. The molecule has 5 aromatic rings. The van der Waals surface area contributed by atoms with E-state index in [4.69, 9.17) is 10.5 Å². The van der Waals surface area contributed by atoms with Crippen LogP contribution in [0.15, 0.2) is 115 Å². The number of primary amides is 1. The van der Waals surface area contributed by atoms with E-state index in [1.54, 1.807) is 29.7 Å². The fourth-order valence-electron chi connectivity index (χ4n) is 5.36. The van der Waals surface area contributed by atoms with Crippen LogP contribution in [0.5, 0.6) is 5.75 Å². The molecule has 5 rings (SSSR count). The number of carbonyl (C=O) groups is 2. The maximum Gasteiger partial charge on any atom is 0.248 e. The number of hydrogen-bond acceptors (Lipinski definition) is 4. The monoisotopic (exact) mass is 545 g/mol. The SMILES string of the molecule is CC(=O)n1cc(CN(CCCOc2cccc(C(N)=O)c2)CC(c2ccccc2)c2ccccc2)c2ccccc21. The van der Waals surface area contributed by atoms with E-state index in [2.05, 4.69) is 59.5 Å². The van der Waals surface area contributed by atoms with Crippen LogP contribution < -0.4 is 10.5 Å². The summed E-state index contributed by atoms with van der Waals surface area (Å²) in [4.78, 5) is 26.4. The summed E-state index contributed by atoms with van der Waals surface area (Å²) in [7, 11) is 0. The van der Waals surface area contributed by atoms with Crippen molar-refractivity contribution in [3.63, 3.8) is 0 Å². The van der Waals surface area contributed by atoms with Gasteiger partial charge in [0, 0.05) is 49.6 Å². The highest BCUT2D eigenvalue weighted by Gasteiger charge is 2.20. The predicted octanol–water partition coefficient (Wildman–Crippen LogP) is 6.50. The van der Waals surface area contributed by atoms with Gasteiger partial charge < -0.3 is 10.5 Å². The van der Waals surface area contributed by atoms with Crippen molar-refractivity contribution >= 4 is 22.7 Å². The Balaban J connectivity index is 1.40. The lowest BCUT2D eigenvalue weighted by Gasteiger charge is -2.28. The number of fused-ring (bicyclic) bond motifs is 1. The number of ether oxygens (including phenoxy) is 1. The Hall–Kier alpha value is -4.68. The fourth-order valence-corrected chi connectivity index (χ4v) is 5.36. The average Bonchev–Trinajstić information content (AvgIpc) is 3.37. The van der Waals surface area contributed by atoms with E-state index in [9.17, 15) is 9.59 Å². The van der Waals surface area contributed by atoms with Crippen LogP contribution in [0.4, 0.5) is 0 Å². The lowest BCUT2D eigenvalue weighted by molar-refractivity contribution is 0.0940. The molecule has 0 radical (unpaired) electrons. The first-order chi connectivity index (χ1) is 20.0. The summed E-state index contributed by atoms with van der Waals surface area (Å²) >= 11 is 0. The van der Waals surface area contributed by atoms with Crippen LogP contribution in [0, 0.1) is 0 Å². The van der Waals surface area contributed by atoms with Crippen molar-refractivity contribution in [1.82, 2.24) is 9.47 Å². The zero-order valence-electron chi connectivity index (χ0n) is 23.3.